The normalized spacial score (nSPS) is 10.8. The van der Waals surface area contributed by atoms with Gasteiger partial charge in [-0.25, -0.2) is 0 Å². The number of hydrogen-bond acceptors (Lipinski definition) is 2. The molecule has 3 rings (SSSR count). The SMILES string of the molecule is Cc1ccc(COc2ccc(N)c3ccccc23)cc1C. The van der Waals surface area contributed by atoms with Gasteiger partial charge in [-0.05, 0) is 42.7 Å². The molecule has 2 N–H and O–H groups in total. The highest BCUT2D eigenvalue weighted by Crippen LogP contribution is 2.30. The summed E-state index contributed by atoms with van der Waals surface area (Å²) in [5.74, 6) is 0.873. The average Bonchev–Trinajstić information content (AvgIpc) is 2.50. The number of hydrogen-bond donors (Lipinski definition) is 1. The van der Waals surface area contributed by atoms with E-state index in [-0.39, 0.29) is 0 Å². The molecule has 0 amide bonds. The standard InChI is InChI=1S/C19H19NO/c1-13-7-8-15(11-14(13)2)12-21-19-10-9-18(20)16-5-3-4-6-17(16)19/h3-11H,12,20H2,1-2H3. The van der Waals surface area contributed by atoms with Crippen LogP contribution in [0.3, 0.4) is 0 Å². The molecule has 0 aliphatic heterocycles. The van der Waals surface area contributed by atoms with Crippen LogP contribution < -0.4 is 10.5 Å². The molecule has 0 saturated heterocycles. The Morgan fingerprint density at radius 1 is 0.857 bits per heavy atom. The van der Waals surface area contributed by atoms with Gasteiger partial charge in [0.15, 0.2) is 0 Å². The molecule has 0 aromatic heterocycles. The second-order valence-electron chi connectivity index (χ2n) is 5.41. The summed E-state index contributed by atoms with van der Waals surface area (Å²) in [7, 11) is 0. The Hall–Kier alpha value is -2.48. The van der Waals surface area contributed by atoms with E-state index in [4.69, 9.17) is 10.5 Å². The van der Waals surface area contributed by atoms with Crippen LogP contribution in [0.2, 0.25) is 0 Å². The van der Waals surface area contributed by atoms with Gasteiger partial charge in [-0.15, -0.1) is 0 Å². The van der Waals surface area contributed by atoms with Gasteiger partial charge in [0.05, 0.1) is 0 Å². The minimum absolute atomic E-state index is 0.565. The van der Waals surface area contributed by atoms with Crippen LogP contribution in [-0.2, 0) is 6.61 Å². The zero-order valence-electron chi connectivity index (χ0n) is 12.4. The van der Waals surface area contributed by atoms with E-state index in [0.29, 0.717) is 6.61 Å². The van der Waals surface area contributed by atoms with Crippen LogP contribution in [-0.4, -0.2) is 0 Å². The van der Waals surface area contributed by atoms with E-state index >= 15 is 0 Å². The Balaban J connectivity index is 1.88. The second-order valence-corrected chi connectivity index (χ2v) is 5.41. The van der Waals surface area contributed by atoms with Crippen molar-refractivity contribution in [3.05, 3.63) is 71.3 Å². The summed E-state index contributed by atoms with van der Waals surface area (Å²) in [5, 5.41) is 2.09. The molecule has 21 heavy (non-hydrogen) atoms. The van der Waals surface area contributed by atoms with Crippen molar-refractivity contribution in [2.45, 2.75) is 20.5 Å². The van der Waals surface area contributed by atoms with E-state index in [9.17, 15) is 0 Å². The monoisotopic (exact) mass is 277 g/mol. The summed E-state index contributed by atoms with van der Waals surface area (Å²) in [6.45, 7) is 4.81. The maximum atomic E-state index is 6.01. The van der Waals surface area contributed by atoms with Crippen molar-refractivity contribution >= 4 is 16.5 Å². The van der Waals surface area contributed by atoms with Gasteiger partial charge in [0.25, 0.3) is 0 Å². The molecular formula is C19H19NO. The smallest absolute Gasteiger partial charge is 0.127 e. The Morgan fingerprint density at radius 3 is 2.38 bits per heavy atom. The quantitative estimate of drug-likeness (QED) is 0.709. The Kier molecular flexibility index (Phi) is 3.53. The van der Waals surface area contributed by atoms with Crippen molar-refractivity contribution in [1.29, 1.82) is 0 Å². The molecule has 0 bridgehead atoms. The minimum atomic E-state index is 0.565. The molecule has 0 aliphatic carbocycles. The molecule has 0 spiro atoms. The third-order valence-electron chi connectivity index (χ3n) is 3.88. The molecule has 0 aliphatic rings. The van der Waals surface area contributed by atoms with Gasteiger partial charge in [0, 0.05) is 16.5 Å². The van der Waals surface area contributed by atoms with Crippen LogP contribution in [0, 0.1) is 13.8 Å². The molecule has 0 radical (unpaired) electrons. The maximum absolute atomic E-state index is 6.01. The Morgan fingerprint density at radius 2 is 1.62 bits per heavy atom. The van der Waals surface area contributed by atoms with Gasteiger partial charge in [-0.2, -0.15) is 0 Å². The molecule has 0 heterocycles. The molecule has 3 aromatic rings. The summed E-state index contributed by atoms with van der Waals surface area (Å²) >= 11 is 0. The lowest BCUT2D eigenvalue weighted by Crippen LogP contribution is -1.98. The summed E-state index contributed by atoms with van der Waals surface area (Å²) < 4.78 is 6.00. The van der Waals surface area contributed by atoms with Crippen LogP contribution in [0.1, 0.15) is 16.7 Å². The second kappa shape index (κ2) is 5.49. The average molecular weight is 277 g/mol. The maximum Gasteiger partial charge on any atom is 0.127 e. The van der Waals surface area contributed by atoms with E-state index in [2.05, 4.69) is 32.0 Å². The molecule has 0 saturated carbocycles. The number of anilines is 1. The van der Waals surface area contributed by atoms with Gasteiger partial charge in [0.1, 0.15) is 12.4 Å². The number of aryl methyl sites for hydroxylation is 2. The zero-order chi connectivity index (χ0) is 14.8. The molecular weight excluding hydrogens is 258 g/mol. The molecule has 2 nitrogen and oxygen atoms in total. The predicted octanol–water partition coefficient (Wildman–Crippen LogP) is 4.62. The van der Waals surface area contributed by atoms with Gasteiger partial charge in [-0.1, -0.05) is 42.5 Å². The third-order valence-corrected chi connectivity index (χ3v) is 3.88. The van der Waals surface area contributed by atoms with E-state index in [1.165, 1.54) is 16.7 Å². The van der Waals surface area contributed by atoms with Crippen LogP contribution >= 0.6 is 0 Å². The number of benzene rings is 3. The lowest BCUT2D eigenvalue weighted by Gasteiger charge is -2.12. The van der Waals surface area contributed by atoms with Crippen LogP contribution in [0.15, 0.2) is 54.6 Å². The van der Waals surface area contributed by atoms with Gasteiger partial charge in [0.2, 0.25) is 0 Å². The first-order valence-corrected chi connectivity index (χ1v) is 7.11. The summed E-state index contributed by atoms with van der Waals surface area (Å²) in [4.78, 5) is 0. The van der Waals surface area contributed by atoms with Crippen LogP contribution in [0.25, 0.3) is 10.8 Å². The fourth-order valence-corrected chi connectivity index (χ4v) is 2.47. The first-order chi connectivity index (χ1) is 10.1. The third kappa shape index (κ3) is 2.70. The fraction of sp³-hybridized carbons (Fsp3) is 0.158. The highest BCUT2D eigenvalue weighted by atomic mass is 16.5. The molecule has 3 aromatic carbocycles. The summed E-state index contributed by atoms with van der Waals surface area (Å²) in [5.41, 5.74) is 10.6. The number of ether oxygens (including phenoxy) is 1. The summed E-state index contributed by atoms with van der Waals surface area (Å²) in [6.07, 6.45) is 0. The van der Waals surface area contributed by atoms with Gasteiger partial charge < -0.3 is 10.5 Å². The van der Waals surface area contributed by atoms with Crippen LogP contribution in [0.5, 0.6) is 5.75 Å². The van der Waals surface area contributed by atoms with Crippen LogP contribution in [0.4, 0.5) is 5.69 Å². The van der Waals surface area contributed by atoms with Crippen molar-refractivity contribution < 1.29 is 4.74 Å². The number of nitrogens with two attached hydrogens (primary N) is 1. The Bertz CT molecular complexity index is 793. The topological polar surface area (TPSA) is 35.2 Å². The lowest BCUT2D eigenvalue weighted by molar-refractivity contribution is 0.310. The largest absolute Gasteiger partial charge is 0.488 e. The molecule has 0 atom stereocenters. The molecule has 2 heteroatoms. The first kappa shape index (κ1) is 13.5. The first-order valence-electron chi connectivity index (χ1n) is 7.11. The van der Waals surface area contributed by atoms with Gasteiger partial charge >= 0.3 is 0 Å². The highest BCUT2D eigenvalue weighted by Gasteiger charge is 2.05. The van der Waals surface area contributed by atoms with E-state index < -0.39 is 0 Å². The highest BCUT2D eigenvalue weighted by molar-refractivity contribution is 5.96. The molecule has 0 fully saturated rings. The van der Waals surface area contributed by atoms with Crippen molar-refractivity contribution in [3.63, 3.8) is 0 Å². The van der Waals surface area contributed by atoms with Gasteiger partial charge in [-0.3, -0.25) is 0 Å². The van der Waals surface area contributed by atoms with E-state index in [1.54, 1.807) is 0 Å². The molecule has 106 valence electrons. The van der Waals surface area contributed by atoms with Crippen molar-refractivity contribution in [3.8, 4) is 5.75 Å². The number of nitrogen functional groups attached to an aromatic ring is 1. The van der Waals surface area contributed by atoms with E-state index in [1.807, 2.05) is 36.4 Å². The molecule has 0 unspecified atom stereocenters. The van der Waals surface area contributed by atoms with E-state index in [0.717, 1.165) is 22.2 Å². The van der Waals surface area contributed by atoms with Crippen molar-refractivity contribution in [2.24, 2.45) is 0 Å². The fourth-order valence-electron chi connectivity index (χ4n) is 2.47. The number of rotatable bonds is 3. The van der Waals surface area contributed by atoms with Crippen molar-refractivity contribution in [1.82, 2.24) is 0 Å². The Labute approximate surface area is 125 Å². The zero-order valence-corrected chi connectivity index (χ0v) is 12.4. The summed E-state index contributed by atoms with van der Waals surface area (Å²) in [6, 6.07) is 18.3. The number of fused-ring (bicyclic) bond motifs is 1. The van der Waals surface area contributed by atoms with Crippen molar-refractivity contribution in [2.75, 3.05) is 5.73 Å². The lowest BCUT2D eigenvalue weighted by atomic mass is 10.1. The predicted molar refractivity (Wildman–Crippen MR) is 88.6 cm³/mol. The minimum Gasteiger partial charge on any atom is -0.488 e.